The second-order valence-corrected chi connectivity index (χ2v) is 4.71. The van der Waals surface area contributed by atoms with Crippen molar-refractivity contribution in [2.75, 3.05) is 12.4 Å². The Balaban J connectivity index is 2.13. The zero-order valence-electron chi connectivity index (χ0n) is 11.3. The Labute approximate surface area is 123 Å². The highest BCUT2D eigenvalue weighted by Gasteiger charge is 2.04. The number of methoxy groups -OCH3 is 1. The van der Waals surface area contributed by atoms with E-state index in [0.29, 0.717) is 17.1 Å². The monoisotopic (exact) mass is 287 g/mol. The first kappa shape index (κ1) is 14.2. The van der Waals surface area contributed by atoms with Crippen LogP contribution in [0, 0.1) is 18.3 Å². The van der Waals surface area contributed by atoms with Gasteiger partial charge in [0.15, 0.2) is 0 Å². The molecular weight excluding hydrogens is 274 g/mol. The van der Waals surface area contributed by atoms with Gasteiger partial charge in [-0.1, -0.05) is 11.6 Å². The lowest BCUT2D eigenvalue weighted by atomic mass is 10.2. The largest absolute Gasteiger partial charge is 0.497 e. The van der Waals surface area contributed by atoms with Crippen molar-refractivity contribution in [2.24, 2.45) is 0 Å². The highest BCUT2D eigenvalue weighted by Crippen LogP contribution is 2.23. The third kappa shape index (κ3) is 3.40. The SMILES string of the molecule is COc1cc(C)nc(CNc2ccc(C#N)cc2Cl)c1. The van der Waals surface area contributed by atoms with Crippen LogP contribution in [0.25, 0.3) is 0 Å². The summed E-state index contributed by atoms with van der Waals surface area (Å²) >= 11 is 6.11. The van der Waals surface area contributed by atoms with E-state index in [0.717, 1.165) is 22.8 Å². The van der Waals surface area contributed by atoms with Crippen LogP contribution in [0.5, 0.6) is 5.75 Å². The van der Waals surface area contributed by atoms with E-state index in [1.807, 2.05) is 19.1 Å². The van der Waals surface area contributed by atoms with Gasteiger partial charge in [0, 0.05) is 17.8 Å². The van der Waals surface area contributed by atoms with E-state index in [9.17, 15) is 0 Å². The van der Waals surface area contributed by atoms with Crippen molar-refractivity contribution in [1.82, 2.24) is 4.98 Å². The van der Waals surface area contributed by atoms with Gasteiger partial charge in [0.1, 0.15) is 5.75 Å². The molecule has 0 saturated heterocycles. The number of rotatable bonds is 4. The zero-order valence-corrected chi connectivity index (χ0v) is 12.0. The van der Waals surface area contributed by atoms with E-state index in [1.165, 1.54) is 0 Å². The van der Waals surface area contributed by atoms with Gasteiger partial charge in [-0.15, -0.1) is 0 Å². The number of nitrogens with one attached hydrogen (secondary N) is 1. The van der Waals surface area contributed by atoms with E-state index in [4.69, 9.17) is 21.6 Å². The molecule has 0 radical (unpaired) electrons. The van der Waals surface area contributed by atoms with Crippen LogP contribution in [0.4, 0.5) is 5.69 Å². The maximum absolute atomic E-state index is 8.80. The highest BCUT2D eigenvalue weighted by atomic mass is 35.5. The Hall–Kier alpha value is -2.25. The number of nitrogens with zero attached hydrogens (tertiary/aromatic N) is 2. The van der Waals surface area contributed by atoms with Crippen LogP contribution in [0.3, 0.4) is 0 Å². The van der Waals surface area contributed by atoms with Crippen molar-refractivity contribution < 1.29 is 4.74 Å². The first-order valence-electron chi connectivity index (χ1n) is 6.07. The summed E-state index contributed by atoms with van der Waals surface area (Å²) in [6, 6.07) is 10.9. The molecule has 0 aliphatic carbocycles. The number of hydrogen-bond acceptors (Lipinski definition) is 4. The van der Waals surface area contributed by atoms with Crippen LogP contribution < -0.4 is 10.1 Å². The minimum atomic E-state index is 0.517. The zero-order chi connectivity index (χ0) is 14.5. The van der Waals surface area contributed by atoms with Crippen molar-refractivity contribution in [1.29, 1.82) is 5.26 Å². The van der Waals surface area contributed by atoms with Gasteiger partial charge >= 0.3 is 0 Å². The summed E-state index contributed by atoms with van der Waals surface area (Å²) in [5, 5.41) is 12.5. The molecule has 0 unspecified atom stereocenters. The maximum Gasteiger partial charge on any atom is 0.122 e. The quantitative estimate of drug-likeness (QED) is 0.934. The fourth-order valence-electron chi connectivity index (χ4n) is 1.83. The number of hydrogen-bond donors (Lipinski definition) is 1. The van der Waals surface area contributed by atoms with Crippen LogP contribution in [-0.4, -0.2) is 12.1 Å². The molecule has 1 aromatic carbocycles. The van der Waals surface area contributed by atoms with Gasteiger partial charge in [-0.25, -0.2) is 0 Å². The first-order chi connectivity index (χ1) is 9.62. The fraction of sp³-hybridized carbons (Fsp3) is 0.200. The van der Waals surface area contributed by atoms with E-state index in [-0.39, 0.29) is 0 Å². The summed E-state index contributed by atoms with van der Waals surface area (Å²) in [5.74, 6) is 0.778. The number of benzene rings is 1. The van der Waals surface area contributed by atoms with Crippen molar-refractivity contribution >= 4 is 17.3 Å². The molecule has 20 heavy (non-hydrogen) atoms. The van der Waals surface area contributed by atoms with Crippen LogP contribution in [0.2, 0.25) is 5.02 Å². The number of ether oxygens (including phenoxy) is 1. The van der Waals surface area contributed by atoms with Crippen molar-refractivity contribution in [3.8, 4) is 11.8 Å². The topological polar surface area (TPSA) is 57.9 Å². The fourth-order valence-corrected chi connectivity index (χ4v) is 2.07. The lowest BCUT2D eigenvalue weighted by Crippen LogP contribution is -2.03. The molecule has 4 nitrogen and oxygen atoms in total. The molecule has 102 valence electrons. The Bertz CT molecular complexity index is 665. The van der Waals surface area contributed by atoms with Crippen molar-refractivity contribution in [2.45, 2.75) is 13.5 Å². The Kier molecular flexibility index (Phi) is 4.44. The van der Waals surface area contributed by atoms with Gasteiger partial charge in [-0.2, -0.15) is 5.26 Å². The lowest BCUT2D eigenvalue weighted by Gasteiger charge is -2.10. The van der Waals surface area contributed by atoms with Gasteiger partial charge in [0.2, 0.25) is 0 Å². The molecular formula is C15H14ClN3O. The van der Waals surface area contributed by atoms with Gasteiger partial charge in [-0.3, -0.25) is 4.98 Å². The number of aryl methyl sites for hydroxylation is 1. The molecule has 0 aliphatic heterocycles. The molecule has 0 spiro atoms. The summed E-state index contributed by atoms with van der Waals surface area (Å²) in [6.07, 6.45) is 0. The lowest BCUT2D eigenvalue weighted by molar-refractivity contribution is 0.413. The molecule has 0 saturated carbocycles. The number of aromatic nitrogens is 1. The van der Waals surface area contributed by atoms with Crippen LogP contribution >= 0.6 is 11.6 Å². The Morgan fingerprint density at radius 1 is 1.35 bits per heavy atom. The number of anilines is 1. The third-order valence-electron chi connectivity index (χ3n) is 2.77. The molecule has 0 aliphatic rings. The first-order valence-corrected chi connectivity index (χ1v) is 6.45. The summed E-state index contributed by atoms with van der Waals surface area (Å²) in [4.78, 5) is 4.42. The van der Waals surface area contributed by atoms with Gasteiger partial charge in [0.25, 0.3) is 0 Å². The summed E-state index contributed by atoms with van der Waals surface area (Å²) < 4.78 is 5.21. The summed E-state index contributed by atoms with van der Waals surface area (Å²) in [7, 11) is 1.63. The van der Waals surface area contributed by atoms with Crippen molar-refractivity contribution in [3.05, 3.63) is 52.3 Å². The molecule has 0 amide bonds. The molecule has 1 N–H and O–H groups in total. The average molecular weight is 288 g/mol. The molecule has 0 bridgehead atoms. The number of halogens is 1. The van der Waals surface area contributed by atoms with Gasteiger partial charge in [-0.05, 0) is 25.1 Å². The molecule has 5 heteroatoms. The minimum Gasteiger partial charge on any atom is -0.497 e. The van der Waals surface area contributed by atoms with E-state index in [2.05, 4.69) is 16.4 Å². The maximum atomic E-state index is 8.80. The molecule has 1 aromatic heterocycles. The van der Waals surface area contributed by atoms with Crippen molar-refractivity contribution in [3.63, 3.8) is 0 Å². The highest BCUT2D eigenvalue weighted by molar-refractivity contribution is 6.33. The predicted molar refractivity (Wildman–Crippen MR) is 79.0 cm³/mol. The molecule has 0 atom stereocenters. The predicted octanol–water partition coefficient (Wildman–Crippen LogP) is 3.54. The van der Waals surface area contributed by atoms with Gasteiger partial charge < -0.3 is 10.1 Å². The Morgan fingerprint density at radius 2 is 2.15 bits per heavy atom. The van der Waals surface area contributed by atoms with Gasteiger partial charge in [0.05, 0.1) is 41.7 Å². The minimum absolute atomic E-state index is 0.517. The summed E-state index contributed by atoms with van der Waals surface area (Å²) in [6.45, 7) is 2.45. The van der Waals surface area contributed by atoms with Crippen LogP contribution in [-0.2, 0) is 6.54 Å². The van der Waals surface area contributed by atoms with E-state index >= 15 is 0 Å². The molecule has 1 heterocycles. The van der Waals surface area contributed by atoms with Crippen LogP contribution in [0.15, 0.2) is 30.3 Å². The third-order valence-corrected chi connectivity index (χ3v) is 3.09. The normalized spacial score (nSPS) is 9.90. The Morgan fingerprint density at radius 3 is 2.80 bits per heavy atom. The van der Waals surface area contributed by atoms with E-state index in [1.54, 1.807) is 25.3 Å². The second-order valence-electron chi connectivity index (χ2n) is 4.30. The average Bonchev–Trinajstić information content (AvgIpc) is 2.45. The molecule has 2 rings (SSSR count). The molecule has 2 aromatic rings. The standard InChI is InChI=1S/C15H14ClN3O/c1-10-5-13(20-2)7-12(19-10)9-18-15-4-3-11(8-17)6-14(15)16/h3-7,18H,9H2,1-2H3. The molecule has 0 fully saturated rings. The second kappa shape index (κ2) is 6.27. The van der Waals surface area contributed by atoms with Crippen LogP contribution in [0.1, 0.15) is 17.0 Å². The summed E-state index contributed by atoms with van der Waals surface area (Å²) in [5.41, 5.74) is 3.07. The number of pyridine rings is 1. The van der Waals surface area contributed by atoms with E-state index < -0.39 is 0 Å². The number of nitriles is 1. The smallest absolute Gasteiger partial charge is 0.122 e.